The molecule has 1 aliphatic rings. The van der Waals surface area contributed by atoms with Crippen LogP contribution in [0.2, 0.25) is 5.02 Å². The number of benzene rings is 3. The molecule has 0 saturated heterocycles. The van der Waals surface area contributed by atoms with Crippen molar-refractivity contribution < 1.29 is 4.79 Å². The van der Waals surface area contributed by atoms with Crippen LogP contribution in [0.1, 0.15) is 27.0 Å². The second-order valence-corrected chi connectivity index (χ2v) is 8.43. The lowest BCUT2D eigenvalue weighted by atomic mass is 10.1. The van der Waals surface area contributed by atoms with Crippen LogP contribution in [0, 0.1) is 0 Å². The van der Waals surface area contributed by atoms with E-state index in [1.165, 1.54) is 11.1 Å². The molecule has 0 N–H and O–H groups in total. The highest BCUT2D eigenvalue weighted by molar-refractivity contribution is 6.30. The number of fused-ring (bicyclic) bond motifs is 1. The van der Waals surface area contributed by atoms with Crippen LogP contribution in [-0.4, -0.2) is 21.4 Å². The topological polar surface area (TPSA) is 25.2 Å². The Morgan fingerprint density at radius 1 is 0.839 bits per heavy atom. The zero-order valence-electron chi connectivity index (χ0n) is 17.1. The van der Waals surface area contributed by atoms with Crippen molar-refractivity contribution >= 4 is 17.5 Å². The molecule has 0 fully saturated rings. The Bertz CT molecular complexity index is 1170. The molecule has 0 bridgehead atoms. The highest BCUT2D eigenvalue weighted by atomic mass is 35.5. The van der Waals surface area contributed by atoms with E-state index >= 15 is 0 Å². The Morgan fingerprint density at radius 2 is 1.45 bits per heavy atom. The van der Waals surface area contributed by atoms with Crippen LogP contribution in [-0.2, 0) is 19.4 Å². The van der Waals surface area contributed by atoms with Crippen molar-refractivity contribution in [1.82, 2.24) is 9.47 Å². The lowest BCUT2D eigenvalue weighted by molar-refractivity contribution is 0.0668. The second kappa shape index (κ2) is 8.44. The molecule has 1 amide bonds. The molecule has 3 nitrogen and oxygen atoms in total. The first-order chi connectivity index (χ1) is 15.2. The third-order valence-electron chi connectivity index (χ3n) is 6.01. The fraction of sp³-hybridized carbons (Fsp3) is 0.148. The number of carbonyl (C=O) groups excluding carboxylic acids is 1. The normalized spacial score (nSPS) is 13.2. The molecule has 3 aromatic carbocycles. The van der Waals surface area contributed by atoms with E-state index < -0.39 is 0 Å². The molecule has 0 atom stereocenters. The molecular weight excluding hydrogens is 404 g/mol. The molecule has 1 heterocycles. The standard InChI is InChI=1S/C27H23ClN2O/c28-23-13-11-20(12-14-23)19-30(24-17-21-7-1-2-8-22(21)18-24)27(31)25-9-3-4-10-26(25)29-15-5-6-16-29/h1-16,24H,17-19H2. The summed E-state index contributed by atoms with van der Waals surface area (Å²) in [5.74, 6) is 0.0528. The Kier molecular flexibility index (Phi) is 5.35. The van der Waals surface area contributed by atoms with Gasteiger partial charge in [0.2, 0.25) is 0 Å². The van der Waals surface area contributed by atoms with Crippen LogP contribution < -0.4 is 0 Å². The highest BCUT2D eigenvalue weighted by Gasteiger charge is 2.31. The molecule has 0 unspecified atom stereocenters. The summed E-state index contributed by atoms with van der Waals surface area (Å²) in [5, 5.41) is 0.702. The summed E-state index contributed by atoms with van der Waals surface area (Å²) in [5.41, 5.74) is 5.35. The average molecular weight is 427 g/mol. The summed E-state index contributed by atoms with van der Waals surface area (Å²) >= 11 is 6.09. The summed E-state index contributed by atoms with van der Waals surface area (Å²) in [6.07, 6.45) is 5.70. The van der Waals surface area contributed by atoms with Crippen LogP contribution in [0.25, 0.3) is 5.69 Å². The maximum Gasteiger partial charge on any atom is 0.256 e. The third kappa shape index (κ3) is 4.01. The van der Waals surface area contributed by atoms with Crippen molar-refractivity contribution in [1.29, 1.82) is 0 Å². The number of para-hydroxylation sites is 1. The van der Waals surface area contributed by atoms with E-state index in [0.717, 1.165) is 24.1 Å². The van der Waals surface area contributed by atoms with Crippen molar-refractivity contribution in [3.8, 4) is 5.69 Å². The van der Waals surface area contributed by atoms with Gasteiger partial charge in [-0.1, -0.05) is 60.1 Å². The minimum absolute atomic E-state index is 0.0528. The van der Waals surface area contributed by atoms with E-state index in [2.05, 4.69) is 24.3 Å². The quantitative estimate of drug-likeness (QED) is 0.387. The van der Waals surface area contributed by atoms with Gasteiger partial charge in [0, 0.05) is 30.0 Å². The molecule has 31 heavy (non-hydrogen) atoms. The average Bonchev–Trinajstić information content (AvgIpc) is 3.48. The minimum Gasteiger partial charge on any atom is -0.331 e. The molecule has 0 aliphatic heterocycles. The third-order valence-corrected chi connectivity index (χ3v) is 6.27. The summed E-state index contributed by atoms with van der Waals surface area (Å²) in [7, 11) is 0. The van der Waals surface area contributed by atoms with Gasteiger partial charge in [-0.15, -0.1) is 0 Å². The zero-order valence-corrected chi connectivity index (χ0v) is 17.9. The Labute approximate surface area is 187 Å². The number of hydrogen-bond donors (Lipinski definition) is 0. The van der Waals surface area contributed by atoms with Gasteiger partial charge >= 0.3 is 0 Å². The first kappa shape index (κ1) is 19.7. The van der Waals surface area contributed by atoms with Gasteiger partial charge in [-0.05, 0) is 65.9 Å². The van der Waals surface area contributed by atoms with E-state index in [-0.39, 0.29) is 11.9 Å². The Hall–Kier alpha value is -3.30. The van der Waals surface area contributed by atoms with Gasteiger partial charge in [0.15, 0.2) is 0 Å². The van der Waals surface area contributed by atoms with Crippen molar-refractivity contribution in [2.45, 2.75) is 25.4 Å². The van der Waals surface area contributed by atoms with Crippen LogP contribution in [0.3, 0.4) is 0 Å². The molecule has 0 saturated carbocycles. The SMILES string of the molecule is O=C(c1ccccc1-n1cccc1)N(Cc1ccc(Cl)cc1)C1Cc2ccccc2C1. The number of aromatic nitrogens is 1. The van der Waals surface area contributed by atoms with Gasteiger partial charge in [0.25, 0.3) is 5.91 Å². The van der Waals surface area contributed by atoms with E-state index in [0.29, 0.717) is 17.1 Å². The first-order valence-corrected chi connectivity index (χ1v) is 10.9. The van der Waals surface area contributed by atoms with E-state index in [4.69, 9.17) is 11.6 Å². The molecule has 0 spiro atoms. The summed E-state index contributed by atoms with van der Waals surface area (Å²) in [6.45, 7) is 0.550. The van der Waals surface area contributed by atoms with Gasteiger partial charge in [0.05, 0.1) is 11.3 Å². The van der Waals surface area contributed by atoms with E-state index in [9.17, 15) is 4.79 Å². The summed E-state index contributed by atoms with van der Waals surface area (Å²) < 4.78 is 2.00. The second-order valence-electron chi connectivity index (χ2n) is 8.00. The molecule has 1 aliphatic carbocycles. The summed E-state index contributed by atoms with van der Waals surface area (Å²) in [6, 6.07) is 28.2. The van der Waals surface area contributed by atoms with Crippen molar-refractivity contribution in [2.24, 2.45) is 0 Å². The smallest absolute Gasteiger partial charge is 0.256 e. The first-order valence-electron chi connectivity index (χ1n) is 10.5. The van der Waals surface area contributed by atoms with Crippen molar-refractivity contribution in [3.05, 3.63) is 125 Å². The number of carbonyl (C=O) groups is 1. The fourth-order valence-corrected chi connectivity index (χ4v) is 4.56. The van der Waals surface area contributed by atoms with E-state index in [1.54, 1.807) is 0 Å². The number of hydrogen-bond acceptors (Lipinski definition) is 1. The number of nitrogens with zero attached hydrogens (tertiary/aromatic N) is 2. The Morgan fingerprint density at radius 3 is 2.13 bits per heavy atom. The predicted molar refractivity (Wildman–Crippen MR) is 125 cm³/mol. The lowest BCUT2D eigenvalue weighted by Gasteiger charge is -2.30. The van der Waals surface area contributed by atoms with Crippen LogP contribution in [0.5, 0.6) is 0 Å². The molecule has 4 aromatic rings. The van der Waals surface area contributed by atoms with Gasteiger partial charge in [-0.25, -0.2) is 0 Å². The summed E-state index contributed by atoms with van der Waals surface area (Å²) in [4.78, 5) is 16.0. The lowest BCUT2D eigenvalue weighted by Crippen LogP contribution is -2.40. The van der Waals surface area contributed by atoms with Crippen LogP contribution >= 0.6 is 11.6 Å². The van der Waals surface area contributed by atoms with Crippen LogP contribution in [0.4, 0.5) is 0 Å². The van der Waals surface area contributed by atoms with Gasteiger partial charge in [0.1, 0.15) is 0 Å². The minimum atomic E-state index is 0.0528. The van der Waals surface area contributed by atoms with Gasteiger partial charge in [-0.2, -0.15) is 0 Å². The molecule has 154 valence electrons. The molecular formula is C27H23ClN2O. The van der Waals surface area contributed by atoms with Crippen molar-refractivity contribution in [2.75, 3.05) is 0 Å². The van der Waals surface area contributed by atoms with E-state index in [1.807, 2.05) is 82.5 Å². The maximum atomic E-state index is 14.0. The zero-order chi connectivity index (χ0) is 21.2. The highest BCUT2D eigenvalue weighted by Crippen LogP contribution is 2.29. The van der Waals surface area contributed by atoms with Gasteiger partial charge < -0.3 is 9.47 Å². The predicted octanol–water partition coefficient (Wildman–Crippen LogP) is 5.94. The Balaban J connectivity index is 1.52. The monoisotopic (exact) mass is 426 g/mol. The number of amides is 1. The van der Waals surface area contributed by atoms with Crippen LogP contribution in [0.15, 0.2) is 97.3 Å². The molecule has 4 heteroatoms. The molecule has 0 radical (unpaired) electrons. The molecule has 1 aromatic heterocycles. The van der Waals surface area contributed by atoms with Crippen molar-refractivity contribution in [3.63, 3.8) is 0 Å². The maximum absolute atomic E-state index is 14.0. The fourth-order valence-electron chi connectivity index (χ4n) is 4.44. The van der Waals surface area contributed by atoms with Gasteiger partial charge in [-0.3, -0.25) is 4.79 Å². The largest absolute Gasteiger partial charge is 0.331 e. The number of rotatable bonds is 5. The molecule has 5 rings (SSSR count). The number of halogens is 1.